The number of benzene rings is 3. The number of carboxylic acids is 1. The average Bonchev–Trinajstić information content (AvgIpc) is 2.92. The lowest BCUT2D eigenvalue weighted by molar-refractivity contribution is -0.137. The molecular weight excluding hydrogens is 464 g/mol. The lowest BCUT2D eigenvalue weighted by Crippen LogP contribution is -2.30. The van der Waals surface area contributed by atoms with E-state index >= 15 is 0 Å². The molecule has 0 aromatic heterocycles. The summed E-state index contributed by atoms with van der Waals surface area (Å²) < 4.78 is 5.70. The zero-order chi connectivity index (χ0) is 26.0. The van der Waals surface area contributed by atoms with Gasteiger partial charge in [0.1, 0.15) is 5.75 Å². The van der Waals surface area contributed by atoms with Crippen LogP contribution in [-0.4, -0.2) is 23.6 Å². The van der Waals surface area contributed by atoms with Crippen LogP contribution in [0.25, 0.3) is 0 Å². The summed E-state index contributed by atoms with van der Waals surface area (Å²) in [7, 11) is 0. The van der Waals surface area contributed by atoms with Gasteiger partial charge in [0.25, 0.3) is 5.91 Å². The number of hydrogen-bond acceptors (Lipinski definition) is 4. The van der Waals surface area contributed by atoms with E-state index in [0.717, 1.165) is 17.8 Å². The summed E-state index contributed by atoms with van der Waals surface area (Å²) in [6.07, 6.45) is 5.15. The molecule has 0 saturated carbocycles. The Morgan fingerprint density at radius 3 is 2.16 bits per heavy atom. The van der Waals surface area contributed by atoms with Gasteiger partial charge in [-0.15, -0.1) is 0 Å². The molecule has 3 aromatic carbocycles. The van der Waals surface area contributed by atoms with Gasteiger partial charge in [-0.1, -0.05) is 79.7 Å². The van der Waals surface area contributed by atoms with Crippen molar-refractivity contribution in [2.75, 3.05) is 6.61 Å². The van der Waals surface area contributed by atoms with Gasteiger partial charge in [0.15, 0.2) is 0 Å². The zero-order valence-corrected chi connectivity index (χ0v) is 20.9. The summed E-state index contributed by atoms with van der Waals surface area (Å²) in [5.74, 6) is -0.565. The predicted octanol–water partition coefficient (Wildman–Crippen LogP) is 5.85. The quantitative estimate of drug-likeness (QED) is 0.290. The van der Waals surface area contributed by atoms with Crippen molar-refractivity contribution in [3.8, 4) is 5.75 Å². The summed E-state index contributed by atoms with van der Waals surface area (Å²) in [6, 6.07) is 27.8. The molecule has 4 rings (SSSR count). The van der Waals surface area contributed by atoms with Gasteiger partial charge in [0.05, 0.1) is 18.2 Å². The summed E-state index contributed by atoms with van der Waals surface area (Å²) in [5, 5.41) is 15.6. The molecule has 1 unspecified atom stereocenters. The molecule has 190 valence electrons. The summed E-state index contributed by atoms with van der Waals surface area (Å²) >= 11 is 0. The van der Waals surface area contributed by atoms with E-state index in [1.807, 2.05) is 48.6 Å². The van der Waals surface area contributed by atoms with Crippen LogP contribution < -0.4 is 15.4 Å². The first-order chi connectivity index (χ1) is 18.0. The minimum absolute atomic E-state index is 0.0237. The third kappa shape index (κ3) is 7.10. The first-order valence-electron chi connectivity index (χ1n) is 12.5. The van der Waals surface area contributed by atoms with Crippen molar-refractivity contribution in [3.05, 3.63) is 125 Å². The van der Waals surface area contributed by atoms with Crippen LogP contribution in [0.1, 0.15) is 53.7 Å². The Balaban J connectivity index is 1.45. The molecule has 0 saturated heterocycles. The number of hydrogen-bond donors (Lipinski definition) is 3. The van der Waals surface area contributed by atoms with Crippen LogP contribution in [0.5, 0.6) is 5.75 Å². The van der Waals surface area contributed by atoms with Gasteiger partial charge in [-0.2, -0.15) is 0 Å². The number of para-hydroxylation sites is 1. The molecular formula is C31H32N2O4. The maximum atomic E-state index is 13.1. The van der Waals surface area contributed by atoms with E-state index in [4.69, 9.17) is 9.84 Å². The summed E-state index contributed by atoms with van der Waals surface area (Å²) in [4.78, 5) is 23.8. The fourth-order valence-corrected chi connectivity index (χ4v) is 4.35. The first kappa shape index (κ1) is 25.8. The van der Waals surface area contributed by atoms with Gasteiger partial charge in [0.2, 0.25) is 0 Å². The van der Waals surface area contributed by atoms with Gasteiger partial charge in [-0.25, -0.2) is 0 Å². The van der Waals surface area contributed by atoms with Crippen LogP contribution in [-0.2, 0) is 4.79 Å². The smallest absolute Gasteiger partial charge is 0.303 e. The molecule has 1 amide bonds. The predicted molar refractivity (Wildman–Crippen MR) is 144 cm³/mol. The fraction of sp³-hybridized carbons (Fsp3) is 0.226. The summed E-state index contributed by atoms with van der Waals surface area (Å²) in [5.41, 5.74) is 4.74. The minimum Gasteiger partial charge on any atom is -0.493 e. The molecule has 0 fully saturated rings. The molecule has 37 heavy (non-hydrogen) atoms. The van der Waals surface area contributed by atoms with Crippen molar-refractivity contribution in [3.63, 3.8) is 0 Å². The number of rotatable bonds is 11. The van der Waals surface area contributed by atoms with Gasteiger partial charge >= 0.3 is 5.97 Å². The van der Waals surface area contributed by atoms with E-state index < -0.39 is 5.97 Å². The zero-order valence-electron chi connectivity index (χ0n) is 20.9. The molecule has 0 spiro atoms. The Morgan fingerprint density at radius 2 is 1.54 bits per heavy atom. The maximum absolute atomic E-state index is 13.1. The molecule has 1 atom stereocenters. The third-order valence-electron chi connectivity index (χ3n) is 6.30. The van der Waals surface area contributed by atoms with E-state index in [0.29, 0.717) is 17.7 Å². The van der Waals surface area contributed by atoms with E-state index in [-0.39, 0.29) is 30.9 Å². The topological polar surface area (TPSA) is 87.7 Å². The second kappa shape index (κ2) is 12.6. The van der Waals surface area contributed by atoms with Crippen LogP contribution >= 0.6 is 0 Å². The second-order valence-corrected chi connectivity index (χ2v) is 9.11. The number of amides is 1. The van der Waals surface area contributed by atoms with Crippen molar-refractivity contribution in [1.82, 2.24) is 10.6 Å². The Morgan fingerprint density at radius 1 is 0.919 bits per heavy atom. The summed E-state index contributed by atoms with van der Waals surface area (Å²) in [6.45, 7) is 2.33. The molecule has 3 aromatic rings. The van der Waals surface area contributed by atoms with E-state index in [2.05, 4.69) is 41.8 Å². The largest absolute Gasteiger partial charge is 0.493 e. The standard InChI is InChI=1S/C31H32N2O4/c1-22-21-25(32-30(23-11-4-2-5-12-23)24-13-6-3-7-14-24)18-19-27(22)33-31(36)26-15-8-9-16-28(26)37-20-10-17-29(34)35/h2-9,11-16,18-19,22,30,32H,10,17,20-21H2,1H3,(H,33,36)(H,34,35). The lowest BCUT2D eigenvalue weighted by atomic mass is 9.93. The van der Waals surface area contributed by atoms with Crippen LogP contribution in [0, 0.1) is 5.92 Å². The Bertz CT molecular complexity index is 1230. The molecule has 0 heterocycles. The highest BCUT2D eigenvalue weighted by atomic mass is 16.5. The molecule has 0 radical (unpaired) electrons. The van der Waals surface area contributed by atoms with Gasteiger partial charge in [0, 0.05) is 23.7 Å². The maximum Gasteiger partial charge on any atom is 0.303 e. The van der Waals surface area contributed by atoms with Crippen LogP contribution in [0.15, 0.2) is 108 Å². The van der Waals surface area contributed by atoms with Crippen molar-refractivity contribution >= 4 is 11.9 Å². The molecule has 6 nitrogen and oxygen atoms in total. The molecule has 1 aliphatic rings. The van der Waals surface area contributed by atoms with Crippen molar-refractivity contribution in [1.29, 1.82) is 0 Å². The SMILES string of the molecule is CC1CC(NC(c2ccccc2)c2ccccc2)=CC=C1NC(=O)c1ccccc1OCCCC(=O)O. The van der Waals surface area contributed by atoms with E-state index in [1.165, 1.54) is 11.1 Å². The number of carbonyl (C=O) groups is 2. The minimum atomic E-state index is -0.867. The molecule has 6 heteroatoms. The van der Waals surface area contributed by atoms with E-state index in [9.17, 15) is 9.59 Å². The Kier molecular flexibility index (Phi) is 8.76. The molecule has 3 N–H and O–H groups in total. The normalized spacial score (nSPS) is 14.9. The number of carbonyl (C=O) groups excluding carboxylic acids is 1. The van der Waals surface area contributed by atoms with Crippen LogP contribution in [0.4, 0.5) is 0 Å². The lowest BCUT2D eigenvalue weighted by Gasteiger charge is -2.28. The van der Waals surface area contributed by atoms with Gasteiger partial charge < -0.3 is 20.5 Å². The number of aliphatic carboxylic acids is 1. The van der Waals surface area contributed by atoms with Gasteiger partial charge in [-0.3, -0.25) is 9.59 Å². The highest BCUT2D eigenvalue weighted by Crippen LogP contribution is 2.28. The molecule has 0 aliphatic heterocycles. The fourth-order valence-electron chi connectivity index (χ4n) is 4.35. The number of nitrogens with one attached hydrogen (secondary N) is 2. The molecule has 0 bridgehead atoms. The van der Waals surface area contributed by atoms with Crippen LogP contribution in [0.2, 0.25) is 0 Å². The average molecular weight is 497 g/mol. The highest BCUT2D eigenvalue weighted by Gasteiger charge is 2.22. The number of carboxylic acid groups (broad SMARTS) is 1. The third-order valence-corrected chi connectivity index (χ3v) is 6.30. The number of ether oxygens (including phenoxy) is 1. The molecule has 1 aliphatic carbocycles. The van der Waals surface area contributed by atoms with Crippen molar-refractivity contribution < 1.29 is 19.4 Å². The Hall–Kier alpha value is -4.32. The van der Waals surface area contributed by atoms with Crippen LogP contribution in [0.3, 0.4) is 0 Å². The second-order valence-electron chi connectivity index (χ2n) is 9.11. The van der Waals surface area contributed by atoms with E-state index in [1.54, 1.807) is 24.3 Å². The number of allylic oxidation sites excluding steroid dienone is 4. The monoisotopic (exact) mass is 496 g/mol. The first-order valence-corrected chi connectivity index (χ1v) is 12.5. The highest BCUT2D eigenvalue weighted by molar-refractivity contribution is 5.98. The van der Waals surface area contributed by atoms with Crippen molar-refractivity contribution in [2.45, 2.75) is 32.2 Å². The Labute approximate surface area is 217 Å². The van der Waals surface area contributed by atoms with Crippen molar-refractivity contribution in [2.24, 2.45) is 5.92 Å². The van der Waals surface area contributed by atoms with Gasteiger partial charge in [-0.05, 0) is 48.3 Å².